The van der Waals surface area contributed by atoms with Gasteiger partial charge in [0.15, 0.2) is 0 Å². The van der Waals surface area contributed by atoms with Gasteiger partial charge in [0.25, 0.3) is 0 Å². The van der Waals surface area contributed by atoms with Gasteiger partial charge in [0.1, 0.15) is 5.76 Å². The molecule has 0 spiro atoms. The molecule has 0 aliphatic carbocycles. The fourth-order valence-corrected chi connectivity index (χ4v) is 1.89. The Morgan fingerprint density at radius 2 is 2.50 bits per heavy atom. The number of nitrogens with one attached hydrogen (secondary N) is 1. The minimum Gasteiger partial charge on any atom is -0.361 e. The summed E-state index contributed by atoms with van der Waals surface area (Å²) in [6.07, 6.45) is 4.78. The summed E-state index contributed by atoms with van der Waals surface area (Å²) in [5, 5.41) is 7.35. The third-order valence-electron chi connectivity index (χ3n) is 2.68. The average Bonchev–Trinajstić information content (AvgIpc) is 2.67. The zero-order valence-electron chi connectivity index (χ0n) is 8.33. The first-order chi connectivity index (χ1) is 6.88. The van der Waals surface area contributed by atoms with Gasteiger partial charge >= 0.3 is 0 Å². The van der Waals surface area contributed by atoms with Crippen molar-refractivity contribution in [2.45, 2.75) is 38.3 Å². The van der Waals surface area contributed by atoms with Crippen molar-refractivity contribution in [3.8, 4) is 0 Å². The molecule has 78 valence electrons. The summed E-state index contributed by atoms with van der Waals surface area (Å²) in [6, 6.07) is 2.51. The third-order valence-corrected chi connectivity index (χ3v) is 2.68. The number of piperidine rings is 1. The van der Waals surface area contributed by atoms with Gasteiger partial charge in [-0.25, -0.2) is 0 Å². The van der Waals surface area contributed by atoms with Crippen LogP contribution in [0.15, 0.2) is 10.6 Å². The van der Waals surface area contributed by atoms with Gasteiger partial charge in [-0.05, 0) is 19.4 Å². The molecule has 2 heterocycles. The van der Waals surface area contributed by atoms with Crippen LogP contribution in [0.2, 0.25) is 0 Å². The van der Waals surface area contributed by atoms with Crippen LogP contribution in [0, 0.1) is 0 Å². The van der Waals surface area contributed by atoms with E-state index in [1.54, 1.807) is 0 Å². The number of hydrogen-bond acceptors (Lipinski definition) is 4. The SMILES string of the molecule is NCc1cc(CC2CCCCN2)on1. The predicted molar refractivity (Wildman–Crippen MR) is 53.7 cm³/mol. The van der Waals surface area contributed by atoms with Gasteiger partial charge < -0.3 is 15.6 Å². The molecule has 1 fully saturated rings. The maximum Gasteiger partial charge on any atom is 0.138 e. The van der Waals surface area contributed by atoms with Crippen LogP contribution in [0.4, 0.5) is 0 Å². The van der Waals surface area contributed by atoms with Gasteiger partial charge in [-0.2, -0.15) is 0 Å². The summed E-state index contributed by atoms with van der Waals surface area (Å²) in [5.74, 6) is 0.949. The van der Waals surface area contributed by atoms with E-state index in [4.69, 9.17) is 10.3 Å². The van der Waals surface area contributed by atoms with Crippen molar-refractivity contribution in [3.63, 3.8) is 0 Å². The number of nitrogens with zero attached hydrogens (tertiary/aromatic N) is 1. The Kier molecular flexibility index (Phi) is 3.16. The molecule has 0 amide bonds. The molecule has 14 heavy (non-hydrogen) atoms. The van der Waals surface area contributed by atoms with Crippen LogP contribution in [0.5, 0.6) is 0 Å². The fourth-order valence-electron chi connectivity index (χ4n) is 1.89. The molecule has 1 aliphatic heterocycles. The van der Waals surface area contributed by atoms with E-state index in [-0.39, 0.29) is 0 Å². The van der Waals surface area contributed by atoms with Crippen molar-refractivity contribution < 1.29 is 4.52 Å². The second-order valence-electron chi connectivity index (χ2n) is 3.84. The highest BCUT2D eigenvalue weighted by atomic mass is 16.5. The summed E-state index contributed by atoms with van der Waals surface area (Å²) in [4.78, 5) is 0. The molecule has 1 aromatic heterocycles. The van der Waals surface area contributed by atoms with E-state index in [1.165, 1.54) is 19.3 Å². The number of rotatable bonds is 3. The van der Waals surface area contributed by atoms with Crippen molar-refractivity contribution in [3.05, 3.63) is 17.5 Å². The molecule has 4 heteroatoms. The lowest BCUT2D eigenvalue weighted by Crippen LogP contribution is -2.35. The van der Waals surface area contributed by atoms with E-state index in [1.807, 2.05) is 6.07 Å². The molecule has 0 saturated carbocycles. The first-order valence-electron chi connectivity index (χ1n) is 5.26. The Morgan fingerprint density at radius 3 is 3.14 bits per heavy atom. The van der Waals surface area contributed by atoms with Crippen LogP contribution in [0.25, 0.3) is 0 Å². The molecule has 4 nitrogen and oxygen atoms in total. The lowest BCUT2D eigenvalue weighted by Gasteiger charge is -2.21. The topological polar surface area (TPSA) is 64.1 Å². The van der Waals surface area contributed by atoms with Gasteiger partial charge in [0.05, 0.1) is 5.69 Å². The lowest BCUT2D eigenvalue weighted by molar-refractivity contribution is 0.334. The van der Waals surface area contributed by atoms with Crippen molar-refractivity contribution in [2.24, 2.45) is 5.73 Å². The molecule has 1 saturated heterocycles. The Hall–Kier alpha value is -0.870. The second-order valence-corrected chi connectivity index (χ2v) is 3.84. The van der Waals surface area contributed by atoms with Gasteiger partial charge in [0.2, 0.25) is 0 Å². The average molecular weight is 195 g/mol. The molecule has 0 aromatic carbocycles. The molecule has 1 atom stereocenters. The zero-order chi connectivity index (χ0) is 9.80. The van der Waals surface area contributed by atoms with Crippen LogP contribution >= 0.6 is 0 Å². The number of aromatic nitrogens is 1. The Bertz CT molecular complexity index is 279. The molecule has 2 rings (SSSR count). The molecule has 0 bridgehead atoms. The summed E-state index contributed by atoms with van der Waals surface area (Å²) < 4.78 is 5.19. The monoisotopic (exact) mass is 195 g/mol. The second kappa shape index (κ2) is 4.57. The van der Waals surface area contributed by atoms with Crippen LogP contribution < -0.4 is 11.1 Å². The van der Waals surface area contributed by atoms with E-state index in [0.29, 0.717) is 12.6 Å². The third kappa shape index (κ3) is 2.33. The highest BCUT2D eigenvalue weighted by Gasteiger charge is 2.15. The zero-order valence-corrected chi connectivity index (χ0v) is 8.33. The van der Waals surface area contributed by atoms with Gasteiger partial charge in [-0.1, -0.05) is 11.6 Å². The van der Waals surface area contributed by atoms with E-state index in [0.717, 1.165) is 24.4 Å². The molecule has 3 N–H and O–H groups in total. The maximum atomic E-state index is 5.46. The molecular weight excluding hydrogens is 178 g/mol. The van der Waals surface area contributed by atoms with Crippen molar-refractivity contribution in [1.29, 1.82) is 0 Å². The number of hydrogen-bond donors (Lipinski definition) is 2. The van der Waals surface area contributed by atoms with Gasteiger partial charge in [-0.3, -0.25) is 0 Å². The molecule has 1 aliphatic rings. The Balaban J connectivity index is 1.89. The van der Waals surface area contributed by atoms with E-state index in [2.05, 4.69) is 10.5 Å². The summed E-state index contributed by atoms with van der Waals surface area (Å²) in [5.41, 5.74) is 6.30. The van der Waals surface area contributed by atoms with Crippen molar-refractivity contribution in [1.82, 2.24) is 10.5 Å². The molecule has 1 aromatic rings. The van der Waals surface area contributed by atoms with Crippen LogP contribution in [0.1, 0.15) is 30.7 Å². The largest absolute Gasteiger partial charge is 0.361 e. The van der Waals surface area contributed by atoms with Crippen LogP contribution in [0.3, 0.4) is 0 Å². The molecular formula is C10H17N3O. The lowest BCUT2D eigenvalue weighted by atomic mass is 10.0. The maximum absolute atomic E-state index is 5.46. The highest BCUT2D eigenvalue weighted by molar-refractivity contribution is 5.06. The quantitative estimate of drug-likeness (QED) is 0.749. The first-order valence-corrected chi connectivity index (χ1v) is 5.26. The fraction of sp³-hybridized carbons (Fsp3) is 0.700. The Labute approximate surface area is 83.8 Å². The number of nitrogens with two attached hydrogens (primary N) is 1. The summed E-state index contributed by atoms with van der Waals surface area (Å²) in [7, 11) is 0. The predicted octanol–water partition coefficient (Wildman–Crippen LogP) is 0.818. The van der Waals surface area contributed by atoms with Crippen LogP contribution in [-0.2, 0) is 13.0 Å². The summed E-state index contributed by atoms with van der Waals surface area (Å²) in [6.45, 7) is 1.59. The summed E-state index contributed by atoms with van der Waals surface area (Å²) >= 11 is 0. The van der Waals surface area contributed by atoms with E-state index < -0.39 is 0 Å². The van der Waals surface area contributed by atoms with Crippen molar-refractivity contribution in [2.75, 3.05) is 6.54 Å². The standard InChI is InChI=1S/C10H17N3O/c11-7-9-6-10(14-13-9)5-8-3-1-2-4-12-8/h6,8,12H,1-5,7,11H2. The molecule has 0 radical (unpaired) electrons. The van der Waals surface area contributed by atoms with E-state index in [9.17, 15) is 0 Å². The first kappa shape index (κ1) is 9.68. The molecule has 1 unspecified atom stereocenters. The van der Waals surface area contributed by atoms with Crippen LogP contribution in [-0.4, -0.2) is 17.7 Å². The van der Waals surface area contributed by atoms with Crippen molar-refractivity contribution >= 4 is 0 Å². The minimum absolute atomic E-state index is 0.460. The Morgan fingerprint density at radius 1 is 1.57 bits per heavy atom. The van der Waals surface area contributed by atoms with E-state index >= 15 is 0 Å². The minimum atomic E-state index is 0.460. The smallest absolute Gasteiger partial charge is 0.138 e. The van der Waals surface area contributed by atoms with Gasteiger partial charge in [-0.15, -0.1) is 0 Å². The van der Waals surface area contributed by atoms with Gasteiger partial charge in [0, 0.05) is 25.1 Å². The normalized spacial score (nSPS) is 22.5. The highest BCUT2D eigenvalue weighted by Crippen LogP contribution is 2.13.